The fourth-order valence-corrected chi connectivity index (χ4v) is 2.13. The molecule has 0 radical (unpaired) electrons. The van der Waals surface area contributed by atoms with E-state index in [2.05, 4.69) is 0 Å². The molecule has 1 atom stereocenters. The Balaban J connectivity index is 2.50. The predicted molar refractivity (Wildman–Crippen MR) is 51.2 cm³/mol. The maximum atomic E-state index is 12.9. The first-order valence-corrected chi connectivity index (χ1v) is 4.80. The average molecular weight is 197 g/mol. The van der Waals surface area contributed by atoms with Gasteiger partial charge in [-0.3, -0.25) is 0 Å². The van der Waals surface area contributed by atoms with Gasteiger partial charge in [-0.1, -0.05) is 24.3 Å². The molecule has 0 fully saturated rings. The first-order valence-electron chi connectivity index (χ1n) is 4.80. The number of alkyl halides is 2. The van der Waals surface area contributed by atoms with E-state index < -0.39 is 12.0 Å². The molecule has 0 amide bonds. The lowest BCUT2D eigenvalue weighted by molar-refractivity contribution is 0.0414. The average Bonchev–Trinajstić information content (AvgIpc) is 2.18. The van der Waals surface area contributed by atoms with Crippen LogP contribution in [0.1, 0.15) is 24.0 Å². The predicted octanol–water partition coefficient (Wildman–Crippen LogP) is 2.44. The van der Waals surface area contributed by atoms with Crippen LogP contribution in [0.25, 0.3) is 0 Å². The highest BCUT2D eigenvalue weighted by Crippen LogP contribution is 2.37. The largest absolute Gasteiger partial charge is 0.317 e. The van der Waals surface area contributed by atoms with E-state index in [0.717, 1.165) is 18.4 Å². The molecule has 1 aliphatic carbocycles. The van der Waals surface area contributed by atoms with E-state index in [1.54, 1.807) is 12.1 Å². The number of halogens is 2. The summed E-state index contributed by atoms with van der Waals surface area (Å²) in [6, 6.07) is 7.25. The van der Waals surface area contributed by atoms with E-state index in [1.807, 2.05) is 12.1 Å². The van der Waals surface area contributed by atoms with Crippen molar-refractivity contribution in [1.82, 2.24) is 0 Å². The zero-order valence-electron chi connectivity index (χ0n) is 7.84. The van der Waals surface area contributed by atoms with Gasteiger partial charge in [-0.2, -0.15) is 0 Å². The molecule has 0 bridgehead atoms. The molecule has 0 heterocycles. The van der Waals surface area contributed by atoms with Crippen molar-refractivity contribution in [1.29, 1.82) is 0 Å². The van der Waals surface area contributed by atoms with Crippen molar-refractivity contribution in [2.75, 3.05) is 0 Å². The monoisotopic (exact) mass is 197 g/mol. The second-order valence-electron chi connectivity index (χ2n) is 3.85. The number of hydrogen-bond donors (Lipinski definition) is 1. The van der Waals surface area contributed by atoms with Crippen LogP contribution in [-0.4, -0.2) is 6.43 Å². The second-order valence-corrected chi connectivity index (χ2v) is 3.85. The first kappa shape index (κ1) is 9.59. The van der Waals surface area contributed by atoms with Gasteiger partial charge in [-0.25, -0.2) is 8.78 Å². The van der Waals surface area contributed by atoms with Crippen molar-refractivity contribution in [2.45, 2.75) is 31.2 Å². The van der Waals surface area contributed by atoms with Crippen molar-refractivity contribution < 1.29 is 8.78 Å². The van der Waals surface area contributed by atoms with Crippen LogP contribution in [0.5, 0.6) is 0 Å². The lowest BCUT2D eigenvalue weighted by atomic mass is 9.77. The lowest BCUT2D eigenvalue weighted by Gasteiger charge is -2.34. The fourth-order valence-electron chi connectivity index (χ4n) is 2.13. The van der Waals surface area contributed by atoms with E-state index in [1.165, 1.54) is 0 Å². The summed E-state index contributed by atoms with van der Waals surface area (Å²) in [6.45, 7) is 0. The molecule has 0 saturated heterocycles. The number of nitrogens with two attached hydrogens (primary N) is 1. The summed E-state index contributed by atoms with van der Waals surface area (Å²) in [6.07, 6.45) is -0.495. The van der Waals surface area contributed by atoms with Crippen LogP contribution >= 0.6 is 0 Å². The number of aryl methyl sites for hydroxylation is 1. The minimum atomic E-state index is -2.48. The molecule has 1 aromatic rings. The summed E-state index contributed by atoms with van der Waals surface area (Å²) in [4.78, 5) is 0. The molecule has 2 N–H and O–H groups in total. The zero-order chi connectivity index (χ0) is 10.2. The Morgan fingerprint density at radius 1 is 1.29 bits per heavy atom. The Kier molecular flexibility index (Phi) is 2.27. The molecule has 14 heavy (non-hydrogen) atoms. The van der Waals surface area contributed by atoms with Crippen LogP contribution in [0, 0.1) is 0 Å². The molecule has 0 saturated carbocycles. The maximum absolute atomic E-state index is 12.9. The Morgan fingerprint density at radius 3 is 2.71 bits per heavy atom. The van der Waals surface area contributed by atoms with E-state index >= 15 is 0 Å². The molecule has 1 aliphatic rings. The van der Waals surface area contributed by atoms with E-state index in [-0.39, 0.29) is 0 Å². The highest BCUT2D eigenvalue weighted by atomic mass is 19.3. The molecule has 0 aliphatic heterocycles. The van der Waals surface area contributed by atoms with Crippen molar-refractivity contribution in [2.24, 2.45) is 5.73 Å². The summed E-state index contributed by atoms with van der Waals surface area (Å²) in [5.41, 5.74) is 5.94. The first-order chi connectivity index (χ1) is 6.64. The Hall–Kier alpha value is -0.960. The standard InChI is InChI=1S/C11H13F2N/c12-10(13)11(14)7-3-5-8-4-1-2-6-9(8)11/h1-2,4,6,10H,3,5,7,14H2. The van der Waals surface area contributed by atoms with Gasteiger partial charge in [-0.05, 0) is 30.4 Å². The highest BCUT2D eigenvalue weighted by molar-refractivity contribution is 5.36. The van der Waals surface area contributed by atoms with E-state index in [9.17, 15) is 8.78 Å². The van der Waals surface area contributed by atoms with Crippen LogP contribution in [-0.2, 0) is 12.0 Å². The van der Waals surface area contributed by atoms with Crippen molar-refractivity contribution in [3.05, 3.63) is 35.4 Å². The summed E-state index contributed by atoms with van der Waals surface area (Å²) in [7, 11) is 0. The molecule has 1 aromatic carbocycles. The third-order valence-corrected chi connectivity index (χ3v) is 2.94. The quantitative estimate of drug-likeness (QED) is 0.735. The molecule has 0 aromatic heterocycles. The minimum Gasteiger partial charge on any atom is -0.317 e. The van der Waals surface area contributed by atoms with E-state index in [4.69, 9.17) is 5.73 Å². The molecule has 1 unspecified atom stereocenters. The Bertz CT molecular complexity index is 338. The minimum absolute atomic E-state index is 0.377. The number of fused-ring (bicyclic) bond motifs is 1. The summed E-state index contributed by atoms with van der Waals surface area (Å²) >= 11 is 0. The molecule has 0 spiro atoms. The van der Waals surface area contributed by atoms with Gasteiger partial charge >= 0.3 is 0 Å². The summed E-state index contributed by atoms with van der Waals surface area (Å²) in [5.74, 6) is 0. The van der Waals surface area contributed by atoms with Crippen LogP contribution in [0.2, 0.25) is 0 Å². The van der Waals surface area contributed by atoms with Crippen LogP contribution in [0.3, 0.4) is 0 Å². The highest BCUT2D eigenvalue weighted by Gasteiger charge is 2.40. The number of hydrogen-bond acceptors (Lipinski definition) is 1. The van der Waals surface area contributed by atoms with Crippen molar-refractivity contribution in [3.63, 3.8) is 0 Å². The van der Waals surface area contributed by atoms with E-state index in [0.29, 0.717) is 12.0 Å². The summed E-state index contributed by atoms with van der Waals surface area (Å²) in [5, 5.41) is 0. The van der Waals surface area contributed by atoms with Crippen molar-refractivity contribution in [3.8, 4) is 0 Å². The van der Waals surface area contributed by atoms with Crippen LogP contribution in [0.4, 0.5) is 8.78 Å². The molecule has 76 valence electrons. The molecule has 3 heteroatoms. The maximum Gasteiger partial charge on any atom is 0.260 e. The molecule has 2 rings (SSSR count). The molecular weight excluding hydrogens is 184 g/mol. The van der Waals surface area contributed by atoms with Gasteiger partial charge in [0, 0.05) is 0 Å². The Labute approximate surface area is 81.9 Å². The van der Waals surface area contributed by atoms with Gasteiger partial charge in [0.1, 0.15) is 5.54 Å². The number of rotatable bonds is 1. The lowest BCUT2D eigenvalue weighted by Crippen LogP contribution is -2.46. The number of benzene rings is 1. The van der Waals surface area contributed by atoms with Crippen LogP contribution in [0.15, 0.2) is 24.3 Å². The topological polar surface area (TPSA) is 26.0 Å². The normalized spacial score (nSPS) is 26.3. The van der Waals surface area contributed by atoms with Crippen molar-refractivity contribution >= 4 is 0 Å². The third-order valence-electron chi connectivity index (χ3n) is 2.94. The molecule has 1 nitrogen and oxygen atoms in total. The SMILES string of the molecule is NC1(C(F)F)CCCc2ccccc21. The smallest absolute Gasteiger partial charge is 0.260 e. The van der Waals surface area contributed by atoms with Gasteiger partial charge in [0.25, 0.3) is 6.43 Å². The second kappa shape index (κ2) is 3.31. The van der Waals surface area contributed by atoms with Gasteiger partial charge in [0.05, 0.1) is 0 Å². The summed E-state index contributed by atoms with van der Waals surface area (Å²) < 4.78 is 25.7. The Morgan fingerprint density at radius 2 is 2.00 bits per heavy atom. The fraction of sp³-hybridized carbons (Fsp3) is 0.455. The van der Waals surface area contributed by atoms with Gasteiger partial charge in [0.15, 0.2) is 0 Å². The zero-order valence-corrected chi connectivity index (χ0v) is 7.84. The molecular formula is C11H13F2N. The van der Waals surface area contributed by atoms with Crippen LogP contribution < -0.4 is 5.73 Å². The van der Waals surface area contributed by atoms with Gasteiger partial charge in [-0.15, -0.1) is 0 Å². The van der Waals surface area contributed by atoms with Gasteiger partial charge < -0.3 is 5.73 Å². The van der Waals surface area contributed by atoms with Gasteiger partial charge in [0.2, 0.25) is 0 Å². The third kappa shape index (κ3) is 1.32.